The minimum atomic E-state index is -0.223. The molecule has 2 amide bonds. The maximum absolute atomic E-state index is 12.0. The summed E-state index contributed by atoms with van der Waals surface area (Å²) in [6.07, 6.45) is 8.76. The van der Waals surface area contributed by atoms with Crippen LogP contribution < -0.4 is 10.9 Å². The lowest BCUT2D eigenvalue weighted by Gasteiger charge is -2.20. The van der Waals surface area contributed by atoms with E-state index in [1.54, 1.807) is 0 Å². The smallest absolute Gasteiger partial charge is 0.273 e. The molecule has 1 aliphatic carbocycles. The Morgan fingerprint density at radius 1 is 1.23 bits per heavy atom. The molecular formula is C17H26N2O2S. The summed E-state index contributed by atoms with van der Waals surface area (Å²) in [6, 6.07) is 1.88. The van der Waals surface area contributed by atoms with E-state index in [0.29, 0.717) is 17.2 Å². The summed E-state index contributed by atoms with van der Waals surface area (Å²) in [5.74, 6) is 0.365. The van der Waals surface area contributed by atoms with Crippen molar-refractivity contribution in [3.05, 3.63) is 21.4 Å². The van der Waals surface area contributed by atoms with Gasteiger partial charge in [-0.3, -0.25) is 20.4 Å². The molecule has 0 aliphatic heterocycles. The van der Waals surface area contributed by atoms with Crippen LogP contribution in [-0.4, -0.2) is 11.8 Å². The SMILES string of the molecule is CCc1sc(C(=O)NNC(=O)CCC2CCCCC2)cc1C. The molecule has 2 N–H and O–H groups in total. The number of hydrazine groups is 1. The van der Waals surface area contributed by atoms with Gasteiger partial charge in [0.15, 0.2) is 0 Å². The summed E-state index contributed by atoms with van der Waals surface area (Å²) in [5, 5.41) is 0. The predicted octanol–water partition coefficient (Wildman–Crippen LogP) is 3.74. The third-order valence-corrected chi connectivity index (χ3v) is 5.77. The number of carbonyl (C=O) groups is 2. The Kier molecular flexibility index (Phi) is 6.43. The monoisotopic (exact) mass is 322 g/mol. The van der Waals surface area contributed by atoms with Crippen molar-refractivity contribution in [2.45, 2.75) is 65.2 Å². The van der Waals surface area contributed by atoms with E-state index in [2.05, 4.69) is 17.8 Å². The number of hydrogen-bond donors (Lipinski definition) is 2. The first-order valence-corrected chi connectivity index (χ1v) is 9.10. The first kappa shape index (κ1) is 17.0. The van der Waals surface area contributed by atoms with E-state index in [1.807, 2.05) is 13.0 Å². The molecule has 1 aromatic heterocycles. The zero-order chi connectivity index (χ0) is 15.9. The lowest BCUT2D eigenvalue weighted by Crippen LogP contribution is -2.41. The number of hydrogen-bond acceptors (Lipinski definition) is 3. The van der Waals surface area contributed by atoms with Crippen molar-refractivity contribution >= 4 is 23.2 Å². The number of carbonyl (C=O) groups excluding carboxylic acids is 2. The van der Waals surface area contributed by atoms with Crippen molar-refractivity contribution < 1.29 is 9.59 Å². The van der Waals surface area contributed by atoms with E-state index < -0.39 is 0 Å². The zero-order valence-electron chi connectivity index (χ0n) is 13.5. The molecule has 2 rings (SSSR count). The molecule has 1 fully saturated rings. The van der Waals surface area contributed by atoms with Gasteiger partial charge in [-0.05, 0) is 37.3 Å². The Balaban J connectivity index is 1.71. The van der Waals surface area contributed by atoms with Gasteiger partial charge in [0.1, 0.15) is 0 Å². The predicted molar refractivity (Wildman–Crippen MR) is 89.9 cm³/mol. The molecule has 0 atom stereocenters. The average molecular weight is 322 g/mol. The average Bonchev–Trinajstić information content (AvgIpc) is 2.92. The van der Waals surface area contributed by atoms with Crippen LogP contribution >= 0.6 is 11.3 Å². The van der Waals surface area contributed by atoms with Gasteiger partial charge in [0.25, 0.3) is 5.91 Å². The van der Waals surface area contributed by atoms with Crippen LogP contribution in [0.15, 0.2) is 6.07 Å². The molecule has 0 radical (unpaired) electrons. The number of nitrogens with one attached hydrogen (secondary N) is 2. The minimum Gasteiger partial charge on any atom is -0.273 e. The fourth-order valence-electron chi connectivity index (χ4n) is 3.04. The molecule has 4 nitrogen and oxygen atoms in total. The zero-order valence-corrected chi connectivity index (χ0v) is 14.4. The van der Waals surface area contributed by atoms with Crippen molar-refractivity contribution in [3.63, 3.8) is 0 Å². The van der Waals surface area contributed by atoms with Gasteiger partial charge in [-0.2, -0.15) is 0 Å². The van der Waals surface area contributed by atoms with Crippen molar-refractivity contribution in [1.29, 1.82) is 0 Å². The van der Waals surface area contributed by atoms with Crippen LogP contribution in [-0.2, 0) is 11.2 Å². The molecule has 22 heavy (non-hydrogen) atoms. The van der Waals surface area contributed by atoms with Crippen LogP contribution in [0, 0.1) is 12.8 Å². The molecule has 0 unspecified atom stereocenters. The third kappa shape index (κ3) is 4.83. The van der Waals surface area contributed by atoms with E-state index in [0.717, 1.165) is 18.4 Å². The van der Waals surface area contributed by atoms with Gasteiger partial charge in [0.2, 0.25) is 5.91 Å². The molecular weight excluding hydrogens is 296 g/mol. The summed E-state index contributed by atoms with van der Waals surface area (Å²) in [6.45, 7) is 4.09. The van der Waals surface area contributed by atoms with E-state index in [9.17, 15) is 9.59 Å². The van der Waals surface area contributed by atoms with Gasteiger partial charge in [0.05, 0.1) is 4.88 Å². The fraction of sp³-hybridized carbons (Fsp3) is 0.647. The van der Waals surface area contributed by atoms with Crippen LogP contribution in [0.25, 0.3) is 0 Å². The van der Waals surface area contributed by atoms with Gasteiger partial charge < -0.3 is 0 Å². The highest BCUT2D eigenvalue weighted by molar-refractivity contribution is 7.14. The summed E-state index contributed by atoms with van der Waals surface area (Å²) in [4.78, 5) is 25.7. The van der Waals surface area contributed by atoms with Crippen LogP contribution in [0.4, 0.5) is 0 Å². The van der Waals surface area contributed by atoms with Gasteiger partial charge in [-0.15, -0.1) is 11.3 Å². The molecule has 1 saturated carbocycles. The molecule has 0 spiro atoms. The van der Waals surface area contributed by atoms with Gasteiger partial charge in [-0.1, -0.05) is 39.0 Å². The van der Waals surface area contributed by atoms with Crippen LogP contribution in [0.5, 0.6) is 0 Å². The van der Waals surface area contributed by atoms with Crippen molar-refractivity contribution in [2.24, 2.45) is 5.92 Å². The molecule has 122 valence electrons. The highest BCUT2D eigenvalue weighted by Gasteiger charge is 2.16. The normalized spacial score (nSPS) is 15.5. The van der Waals surface area contributed by atoms with Gasteiger partial charge in [0, 0.05) is 11.3 Å². The van der Waals surface area contributed by atoms with Gasteiger partial charge in [-0.25, -0.2) is 0 Å². The Morgan fingerprint density at radius 3 is 2.59 bits per heavy atom. The highest BCUT2D eigenvalue weighted by Crippen LogP contribution is 2.27. The summed E-state index contributed by atoms with van der Waals surface area (Å²) < 4.78 is 0. The lowest BCUT2D eigenvalue weighted by molar-refractivity contribution is -0.122. The number of aryl methyl sites for hydroxylation is 2. The Bertz CT molecular complexity index is 519. The quantitative estimate of drug-likeness (QED) is 0.811. The van der Waals surface area contributed by atoms with Gasteiger partial charge >= 0.3 is 0 Å². The number of amides is 2. The summed E-state index contributed by atoms with van der Waals surface area (Å²) in [7, 11) is 0. The minimum absolute atomic E-state index is 0.0945. The molecule has 5 heteroatoms. The van der Waals surface area contributed by atoms with Crippen molar-refractivity contribution in [3.8, 4) is 0 Å². The maximum Gasteiger partial charge on any atom is 0.279 e. The summed E-state index contributed by atoms with van der Waals surface area (Å²) in [5.41, 5.74) is 6.20. The fourth-order valence-corrected chi connectivity index (χ4v) is 4.05. The topological polar surface area (TPSA) is 58.2 Å². The molecule has 0 saturated heterocycles. The molecule has 1 heterocycles. The van der Waals surface area contributed by atoms with Crippen LogP contribution in [0.3, 0.4) is 0 Å². The van der Waals surface area contributed by atoms with Crippen molar-refractivity contribution in [2.75, 3.05) is 0 Å². The van der Waals surface area contributed by atoms with E-state index in [-0.39, 0.29) is 11.8 Å². The third-order valence-electron chi connectivity index (χ3n) is 4.39. The second-order valence-corrected chi connectivity index (χ2v) is 7.25. The molecule has 1 aromatic rings. The largest absolute Gasteiger partial charge is 0.279 e. The lowest BCUT2D eigenvalue weighted by atomic mass is 9.86. The van der Waals surface area contributed by atoms with E-state index >= 15 is 0 Å². The van der Waals surface area contributed by atoms with E-state index in [1.165, 1.54) is 48.3 Å². The molecule has 1 aliphatic rings. The van der Waals surface area contributed by atoms with E-state index in [4.69, 9.17) is 0 Å². The second-order valence-electron chi connectivity index (χ2n) is 6.12. The standard InChI is InChI=1S/C17H26N2O2S/c1-3-14-12(2)11-15(22-14)17(21)19-18-16(20)10-9-13-7-5-4-6-8-13/h11,13H,3-10H2,1-2H3,(H,18,20)(H,19,21). The maximum atomic E-state index is 12.0. The molecule has 0 aromatic carbocycles. The Labute approximate surface area is 136 Å². The summed E-state index contributed by atoms with van der Waals surface area (Å²) >= 11 is 1.49. The first-order chi connectivity index (χ1) is 10.6. The number of rotatable bonds is 5. The Morgan fingerprint density at radius 2 is 1.95 bits per heavy atom. The second kappa shape index (κ2) is 8.32. The number of thiophene rings is 1. The van der Waals surface area contributed by atoms with Crippen LogP contribution in [0.2, 0.25) is 0 Å². The first-order valence-electron chi connectivity index (χ1n) is 8.28. The van der Waals surface area contributed by atoms with Crippen LogP contribution in [0.1, 0.15) is 72.0 Å². The Hall–Kier alpha value is -1.36. The highest BCUT2D eigenvalue weighted by atomic mass is 32.1. The van der Waals surface area contributed by atoms with Crippen molar-refractivity contribution in [1.82, 2.24) is 10.9 Å². The molecule has 0 bridgehead atoms.